The summed E-state index contributed by atoms with van der Waals surface area (Å²) in [6.07, 6.45) is 5.10. The zero-order valence-electron chi connectivity index (χ0n) is 14.0. The van der Waals surface area contributed by atoms with Crippen LogP contribution in [0.2, 0.25) is 5.02 Å². The first kappa shape index (κ1) is 17.7. The second kappa shape index (κ2) is 7.85. The number of carbonyl (C=O) groups excluding carboxylic acids is 1. The molecule has 0 bridgehead atoms. The van der Waals surface area contributed by atoms with E-state index in [1.807, 2.05) is 29.2 Å². The van der Waals surface area contributed by atoms with Crippen molar-refractivity contribution in [3.8, 4) is 0 Å². The van der Waals surface area contributed by atoms with Crippen molar-refractivity contribution in [2.45, 2.75) is 50.7 Å². The molecule has 3 N–H and O–H groups in total. The monoisotopic (exact) mass is 350 g/mol. The number of aliphatic hydroxyl groups excluding tert-OH is 1. The zero-order chi connectivity index (χ0) is 17.1. The maximum atomic E-state index is 12.7. The molecule has 0 aromatic heterocycles. The maximum Gasteiger partial charge on any atom is 0.225 e. The Morgan fingerprint density at radius 1 is 1.17 bits per heavy atom. The topological polar surface area (TPSA) is 66.6 Å². The number of benzene rings is 1. The Hall–Kier alpha value is -1.10. The van der Waals surface area contributed by atoms with E-state index in [4.69, 9.17) is 17.3 Å². The van der Waals surface area contributed by atoms with Crippen LogP contribution < -0.4 is 5.73 Å². The van der Waals surface area contributed by atoms with Crippen molar-refractivity contribution in [2.24, 2.45) is 17.6 Å². The summed E-state index contributed by atoms with van der Waals surface area (Å²) in [6, 6.07) is 7.56. The normalized spacial score (nSPS) is 27.0. The molecule has 1 heterocycles. The van der Waals surface area contributed by atoms with Crippen LogP contribution in [0, 0.1) is 11.8 Å². The SMILES string of the molecule is N[C@@H]1CCC[C@@H](C(=O)N2CCC([C@H](O)c3ccc(Cl)cc3)CC2)C1. The lowest BCUT2D eigenvalue weighted by atomic mass is 9.83. The fraction of sp³-hybridized carbons (Fsp3) is 0.632. The molecular formula is C19H27ClN2O2. The van der Waals surface area contributed by atoms with Gasteiger partial charge in [0, 0.05) is 30.1 Å². The molecule has 5 heteroatoms. The van der Waals surface area contributed by atoms with Gasteiger partial charge in [-0.05, 0) is 55.7 Å². The van der Waals surface area contributed by atoms with Crippen LogP contribution in [0.3, 0.4) is 0 Å². The number of nitrogens with two attached hydrogens (primary N) is 1. The highest BCUT2D eigenvalue weighted by molar-refractivity contribution is 6.30. The van der Waals surface area contributed by atoms with E-state index in [-0.39, 0.29) is 23.8 Å². The minimum absolute atomic E-state index is 0.103. The third kappa shape index (κ3) is 4.11. The fourth-order valence-electron chi connectivity index (χ4n) is 4.08. The highest BCUT2D eigenvalue weighted by Crippen LogP contribution is 2.33. The summed E-state index contributed by atoms with van der Waals surface area (Å²) < 4.78 is 0. The lowest BCUT2D eigenvalue weighted by Gasteiger charge is -2.37. The molecule has 1 aliphatic carbocycles. The van der Waals surface area contributed by atoms with E-state index in [9.17, 15) is 9.90 Å². The van der Waals surface area contributed by atoms with Crippen molar-refractivity contribution in [2.75, 3.05) is 13.1 Å². The Morgan fingerprint density at radius 3 is 2.46 bits per heavy atom. The van der Waals surface area contributed by atoms with Crippen LogP contribution in [0.25, 0.3) is 0 Å². The largest absolute Gasteiger partial charge is 0.388 e. The molecule has 1 saturated heterocycles. The highest BCUT2D eigenvalue weighted by Gasteiger charge is 2.33. The quantitative estimate of drug-likeness (QED) is 0.880. The average Bonchev–Trinajstić information content (AvgIpc) is 2.61. The van der Waals surface area contributed by atoms with Crippen molar-refractivity contribution in [3.05, 3.63) is 34.9 Å². The molecule has 0 radical (unpaired) electrons. The Bertz CT molecular complexity index is 555. The highest BCUT2D eigenvalue weighted by atomic mass is 35.5. The standard InChI is InChI=1S/C19H27ClN2O2/c20-16-6-4-13(5-7-16)18(23)14-8-10-22(11-9-14)19(24)15-2-1-3-17(21)12-15/h4-7,14-15,17-18,23H,1-3,8-12,21H2/t15-,17-,18-/m1/s1. The number of hydrogen-bond acceptors (Lipinski definition) is 3. The summed E-state index contributed by atoms with van der Waals surface area (Å²) in [5, 5.41) is 11.3. The number of aliphatic hydroxyl groups is 1. The molecule has 3 atom stereocenters. The van der Waals surface area contributed by atoms with Gasteiger partial charge in [0.05, 0.1) is 6.10 Å². The van der Waals surface area contributed by atoms with Crippen molar-refractivity contribution in [1.29, 1.82) is 0 Å². The first-order valence-corrected chi connectivity index (χ1v) is 9.40. The van der Waals surface area contributed by atoms with Gasteiger partial charge in [0.1, 0.15) is 0 Å². The molecule has 132 valence electrons. The Morgan fingerprint density at radius 2 is 1.83 bits per heavy atom. The molecule has 2 aliphatic rings. The van der Waals surface area contributed by atoms with Crippen LogP contribution in [0.4, 0.5) is 0 Å². The molecule has 3 rings (SSSR count). The van der Waals surface area contributed by atoms with Crippen LogP contribution in [0.5, 0.6) is 0 Å². The Kier molecular flexibility index (Phi) is 5.80. The number of likely N-dealkylation sites (tertiary alicyclic amines) is 1. The summed E-state index contributed by atoms with van der Waals surface area (Å²) in [4.78, 5) is 14.7. The van der Waals surface area contributed by atoms with Crippen LogP contribution in [0.1, 0.15) is 50.2 Å². The number of rotatable bonds is 3. The van der Waals surface area contributed by atoms with E-state index >= 15 is 0 Å². The third-order valence-electron chi connectivity index (χ3n) is 5.57. The lowest BCUT2D eigenvalue weighted by Crippen LogP contribution is -2.45. The molecule has 1 amide bonds. The molecule has 2 fully saturated rings. The van der Waals surface area contributed by atoms with Crippen molar-refractivity contribution in [3.63, 3.8) is 0 Å². The predicted octanol–water partition coefficient (Wildman–Crippen LogP) is 3.13. The molecule has 0 spiro atoms. The summed E-state index contributed by atoms with van der Waals surface area (Å²) in [7, 11) is 0. The zero-order valence-corrected chi connectivity index (χ0v) is 14.8. The maximum absolute atomic E-state index is 12.7. The van der Waals surface area contributed by atoms with Gasteiger partial charge < -0.3 is 15.7 Å². The van der Waals surface area contributed by atoms with Gasteiger partial charge in [-0.1, -0.05) is 30.2 Å². The second-order valence-corrected chi connectivity index (χ2v) is 7.72. The summed E-state index contributed by atoms with van der Waals surface area (Å²) in [5.74, 6) is 0.569. The number of piperidine rings is 1. The van der Waals surface area contributed by atoms with Gasteiger partial charge in [-0.3, -0.25) is 4.79 Å². The lowest BCUT2D eigenvalue weighted by molar-refractivity contribution is -0.138. The number of carbonyl (C=O) groups is 1. The van der Waals surface area contributed by atoms with Crippen LogP contribution in [-0.2, 0) is 4.79 Å². The van der Waals surface area contributed by atoms with E-state index in [1.165, 1.54) is 0 Å². The first-order chi connectivity index (χ1) is 11.5. The van der Waals surface area contributed by atoms with E-state index in [2.05, 4.69) is 0 Å². The van der Waals surface area contributed by atoms with E-state index in [0.717, 1.165) is 57.2 Å². The molecular weight excluding hydrogens is 324 g/mol. The minimum Gasteiger partial charge on any atom is -0.388 e. The molecule has 0 unspecified atom stereocenters. The van der Waals surface area contributed by atoms with Crippen molar-refractivity contribution >= 4 is 17.5 Å². The second-order valence-electron chi connectivity index (χ2n) is 7.28. The smallest absolute Gasteiger partial charge is 0.225 e. The van der Waals surface area contributed by atoms with E-state index < -0.39 is 6.10 Å². The van der Waals surface area contributed by atoms with Gasteiger partial charge in [-0.25, -0.2) is 0 Å². The van der Waals surface area contributed by atoms with E-state index in [0.29, 0.717) is 5.02 Å². The molecule has 24 heavy (non-hydrogen) atoms. The average molecular weight is 351 g/mol. The minimum atomic E-state index is -0.484. The van der Waals surface area contributed by atoms with Gasteiger partial charge in [0.15, 0.2) is 0 Å². The van der Waals surface area contributed by atoms with Gasteiger partial charge in [-0.2, -0.15) is 0 Å². The summed E-state index contributed by atoms with van der Waals surface area (Å²) in [5.41, 5.74) is 6.92. The first-order valence-electron chi connectivity index (χ1n) is 9.02. The van der Waals surface area contributed by atoms with Gasteiger partial charge in [-0.15, -0.1) is 0 Å². The molecule has 1 aromatic rings. The Labute approximate surface area is 149 Å². The molecule has 1 saturated carbocycles. The van der Waals surface area contributed by atoms with Crippen molar-refractivity contribution in [1.82, 2.24) is 4.90 Å². The van der Waals surface area contributed by atoms with Crippen LogP contribution in [-0.4, -0.2) is 35.0 Å². The van der Waals surface area contributed by atoms with Crippen molar-refractivity contribution < 1.29 is 9.90 Å². The summed E-state index contributed by atoms with van der Waals surface area (Å²) in [6.45, 7) is 1.47. The number of nitrogens with zero attached hydrogens (tertiary/aromatic N) is 1. The van der Waals surface area contributed by atoms with Gasteiger partial charge in [0.25, 0.3) is 0 Å². The van der Waals surface area contributed by atoms with Crippen LogP contribution in [0.15, 0.2) is 24.3 Å². The van der Waals surface area contributed by atoms with E-state index in [1.54, 1.807) is 0 Å². The Balaban J connectivity index is 1.53. The van der Waals surface area contributed by atoms with Gasteiger partial charge >= 0.3 is 0 Å². The summed E-state index contributed by atoms with van der Waals surface area (Å²) >= 11 is 5.91. The van der Waals surface area contributed by atoms with Gasteiger partial charge in [0.2, 0.25) is 5.91 Å². The fourth-order valence-corrected chi connectivity index (χ4v) is 4.20. The van der Waals surface area contributed by atoms with Crippen LogP contribution >= 0.6 is 11.6 Å². The number of hydrogen-bond donors (Lipinski definition) is 2. The molecule has 1 aliphatic heterocycles. The predicted molar refractivity (Wildman–Crippen MR) is 95.6 cm³/mol. The third-order valence-corrected chi connectivity index (χ3v) is 5.83. The number of halogens is 1. The molecule has 4 nitrogen and oxygen atoms in total. The number of amides is 1. The molecule has 1 aromatic carbocycles.